The molecule has 6 aromatic carbocycles. The molecule has 0 aliphatic rings. The summed E-state index contributed by atoms with van der Waals surface area (Å²) >= 11 is 0. The minimum atomic E-state index is -0.879. The molecular formula is C36H27P. The topological polar surface area (TPSA) is 0 Å². The van der Waals surface area contributed by atoms with Crippen LogP contribution >= 0.6 is 7.92 Å². The first-order valence-electron chi connectivity index (χ1n) is 12.6. The van der Waals surface area contributed by atoms with E-state index in [1.807, 2.05) is 0 Å². The Labute approximate surface area is 220 Å². The molecule has 0 nitrogen and oxygen atoms in total. The van der Waals surface area contributed by atoms with Crippen molar-refractivity contribution in [3.05, 3.63) is 164 Å². The van der Waals surface area contributed by atoms with Gasteiger partial charge in [-0.2, -0.15) is 0 Å². The third-order valence-corrected chi connectivity index (χ3v) is 9.30. The van der Waals surface area contributed by atoms with E-state index in [1.165, 1.54) is 49.3 Å². The highest BCUT2D eigenvalue weighted by Gasteiger charge is 2.25. The summed E-state index contributed by atoms with van der Waals surface area (Å²) in [5.74, 6) is 0. The molecule has 0 fully saturated rings. The zero-order chi connectivity index (χ0) is 24.9. The highest BCUT2D eigenvalue weighted by atomic mass is 31.1. The Kier molecular flexibility index (Phi) is 6.76. The van der Waals surface area contributed by atoms with Crippen molar-refractivity contribution >= 4 is 23.8 Å². The van der Waals surface area contributed by atoms with E-state index in [9.17, 15) is 0 Å². The number of hydrogen-bond donors (Lipinski definition) is 0. The average molecular weight is 491 g/mol. The summed E-state index contributed by atoms with van der Waals surface area (Å²) in [4.78, 5) is 0. The van der Waals surface area contributed by atoms with Crippen LogP contribution in [0.15, 0.2) is 164 Å². The Bertz CT molecular complexity index is 1410. The van der Waals surface area contributed by atoms with Crippen molar-refractivity contribution in [3.8, 4) is 33.4 Å². The molecule has 6 rings (SSSR count). The normalized spacial score (nSPS) is 10.9. The minimum absolute atomic E-state index is 0.879. The maximum Gasteiger partial charge on any atom is -0.00722 e. The molecule has 0 saturated carbocycles. The summed E-state index contributed by atoms with van der Waals surface area (Å²) in [6.07, 6.45) is 0. The molecule has 0 amide bonds. The van der Waals surface area contributed by atoms with Crippen molar-refractivity contribution in [2.75, 3.05) is 0 Å². The van der Waals surface area contributed by atoms with Crippen molar-refractivity contribution in [2.24, 2.45) is 0 Å². The van der Waals surface area contributed by atoms with Gasteiger partial charge in [0.05, 0.1) is 0 Å². The fraction of sp³-hybridized carbons (Fsp3) is 0. The molecular weight excluding hydrogens is 463 g/mol. The summed E-state index contributed by atoms with van der Waals surface area (Å²) in [6.45, 7) is 0. The molecule has 176 valence electrons. The lowest BCUT2D eigenvalue weighted by Crippen LogP contribution is -2.25. The first-order valence-corrected chi connectivity index (χ1v) is 14.0. The van der Waals surface area contributed by atoms with Crippen molar-refractivity contribution in [1.29, 1.82) is 0 Å². The average Bonchev–Trinajstić information content (AvgIpc) is 2.99. The summed E-state index contributed by atoms with van der Waals surface area (Å²) < 4.78 is 0. The predicted molar refractivity (Wildman–Crippen MR) is 161 cm³/mol. The van der Waals surface area contributed by atoms with E-state index in [1.54, 1.807) is 0 Å². The third kappa shape index (κ3) is 4.77. The van der Waals surface area contributed by atoms with E-state index in [0.29, 0.717) is 0 Å². The van der Waals surface area contributed by atoms with E-state index in [-0.39, 0.29) is 0 Å². The van der Waals surface area contributed by atoms with Crippen LogP contribution < -0.4 is 15.9 Å². The van der Waals surface area contributed by atoms with Crippen LogP contribution in [0.2, 0.25) is 0 Å². The van der Waals surface area contributed by atoms with Gasteiger partial charge >= 0.3 is 0 Å². The number of benzene rings is 6. The molecule has 0 aromatic heterocycles. The second kappa shape index (κ2) is 10.8. The molecule has 0 N–H and O–H groups in total. The molecule has 0 aliphatic carbocycles. The summed E-state index contributed by atoms with van der Waals surface area (Å²) in [5, 5.41) is 4.11. The first kappa shape index (κ1) is 23.2. The number of rotatable bonds is 6. The van der Waals surface area contributed by atoms with Crippen LogP contribution in [-0.2, 0) is 0 Å². The Morgan fingerprint density at radius 3 is 0.784 bits per heavy atom. The maximum atomic E-state index is 2.33. The quantitative estimate of drug-likeness (QED) is 0.206. The third-order valence-electron chi connectivity index (χ3n) is 6.69. The standard InChI is InChI=1S/C36H27P/c1-4-16-28(17-5-1)31-22-10-13-25-34(31)37(35-26-14-11-23-32(35)29-18-6-2-7-19-29)36-27-15-12-24-33(36)30-20-8-3-9-21-30/h1-27H. The van der Waals surface area contributed by atoms with Gasteiger partial charge in [0.2, 0.25) is 0 Å². The zero-order valence-corrected chi connectivity index (χ0v) is 21.4. The van der Waals surface area contributed by atoms with Crippen LogP contribution in [0.4, 0.5) is 0 Å². The van der Waals surface area contributed by atoms with Gasteiger partial charge in [-0.05, 0) is 57.2 Å². The molecule has 0 unspecified atom stereocenters. The summed E-state index contributed by atoms with van der Waals surface area (Å²) in [6, 6.07) is 59.2. The summed E-state index contributed by atoms with van der Waals surface area (Å²) in [7, 11) is -0.879. The van der Waals surface area contributed by atoms with Gasteiger partial charge in [-0.25, -0.2) is 0 Å². The van der Waals surface area contributed by atoms with Gasteiger partial charge in [0, 0.05) is 0 Å². The van der Waals surface area contributed by atoms with Crippen molar-refractivity contribution in [3.63, 3.8) is 0 Å². The van der Waals surface area contributed by atoms with Crippen LogP contribution in [0, 0.1) is 0 Å². The van der Waals surface area contributed by atoms with Crippen LogP contribution in [0.1, 0.15) is 0 Å². The van der Waals surface area contributed by atoms with E-state index in [4.69, 9.17) is 0 Å². The van der Waals surface area contributed by atoms with Crippen LogP contribution in [-0.4, -0.2) is 0 Å². The SMILES string of the molecule is c1ccc(-c2ccccc2P(c2ccccc2-c2ccccc2)c2ccccc2-c2ccccc2)cc1. The second-order valence-corrected chi connectivity index (χ2v) is 11.1. The Morgan fingerprint density at radius 2 is 0.486 bits per heavy atom. The molecule has 0 saturated heterocycles. The lowest BCUT2D eigenvalue weighted by atomic mass is 10.1. The molecule has 37 heavy (non-hydrogen) atoms. The van der Waals surface area contributed by atoms with E-state index in [0.717, 1.165) is 0 Å². The molecule has 0 aliphatic heterocycles. The lowest BCUT2D eigenvalue weighted by molar-refractivity contribution is 1.63. The van der Waals surface area contributed by atoms with Gasteiger partial charge in [-0.1, -0.05) is 164 Å². The van der Waals surface area contributed by atoms with Gasteiger partial charge in [0.15, 0.2) is 0 Å². The van der Waals surface area contributed by atoms with E-state index in [2.05, 4.69) is 164 Å². The predicted octanol–water partition coefficient (Wildman–Crippen LogP) is 8.45. The van der Waals surface area contributed by atoms with Crippen molar-refractivity contribution in [1.82, 2.24) is 0 Å². The van der Waals surface area contributed by atoms with Gasteiger partial charge in [0.25, 0.3) is 0 Å². The molecule has 0 bridgehead atoms. The first-order chi connectivity index (χ1) is 18.4. The smallest absolute Gasteiger partial charge is 0.00722 e. The molecule has 0 radical (unpaired) electrons. The Hall–Kier alpha value is -4.25. The monoisotopic (exact) mass is 490 g/mol. The largest absolute Gasteiger partial charge is 0.0622 e. The molecule has 1 heteroatoms. The zero-order valence-electron chi connectivity index (χ0n) is 20.5. The minimum Gasteiger partial charge on any atom is -0.0622 e. The Morgan fingerprint density at radius 1 is 0.243 bits per heavy atom. The maximum absolute atomic E-state index is 2.33. The van der Waals surface area contributed by atoms with Crippen LogP contribution in [0.3, 0.4) is 0 Å². The summed E-state index contributed by atoms with van der Waals surface area (Å²) in [5.41, 5.74) is 7.62. The van der Waals surface area contributed by atoms with Crippen LogP contribution in [0.5, 0.6) is 0 Å². The molecule has 0 heterocycles. The van der Waals surface area contributed by atoms with Crippen LogP contribution in [0.25, 0.3) is 33.4 Å². The van der Waals surface area contributed by atoms with Gasteiger partial charge < -0.3 is 0 Å². The molecule has 6 aromatic rings. The highest BCUT2D eigenvalue weighted by Crippen LogP contribution is 2.42. The van der Waals surface area contributed by atoms with E-state index >= 15 is 0 Å². The van der Waals surface area contributed by atoms with Crippen molar-refractivity contribution < 1.29 is 0 Å². The number of hydrogen-bond acceptors (Lipinski definition) is 0. The second-order valence-electron chi connectivity index (χ2n) is 8.98. The fourth-order valence-corrected chi connectivity index (χ4v) is 7.80. The van der Waals surface area contributed by atoms with Gasteiger partial charge in [0.1, 0.15) is 0 Å². The molecule has 0 spiro atoms. The van der Waals surface area contributed by atoms with Crippen molar-refractivity contribution in [2.45, 2.75) is 0 Å². The lowest BCUT2D eigenvalue weighted by Gasteiger charge is -2.27. The van der Waals surface area contributed by atoms with Gasteiger partial charge in [-0.3, -0.25) is 0 Å². The van der Waals surface area contributed by atoms with Gasteiger partial charge in [-0.15, -0.1) is 0 Å². The highest BCUT2D eigenvalue weighted by molar-refractivity contribution is 7.80. The fourth-order valence-electron chi connectivity index (χ4n) is 4.98. The molecule has 0 atom stereocenters. The Balaban J connectivity index is 1.66. The van der Waals surface area contributed by atoms with E-state index < -0.39 is 7.92 Å².